The van der Waals surface area contributed by atoms with Crippen LogP contribution in [0.5, 0.6) is 0 Å². The Balaban J connectivity index is 3.33. The third-order valence-corrected chi connectivity index (χ3v) is 3.83. The van der Waals surface area contributed by atoms with Crippen LogP contribution in [0.1, 0.15) is 17.0 Å². The predicted molar refractivity (Wildman–Crippen MR) is 74.4 cm³/mol. The maximum absolute atomic E-state index is 11.8. The molecule has 1 aromatic rings. The number of halogens is 2. The highest BCUT2D eigenvalue weighted by atomic mass is 79.9. The number of methoxy groups -OCH3 is 2. The lowest BCUT2D eigenvalue weighted by Gasteiger charge is -2.22. The van der Waals surface area contributed by atoms with Gasteiger partial charge in [0.2, 0.25) is 0 Å². The molecule has 0 aliphatic rings. The number of carbonyl (C=O) groups is 1. The van der Waals surface area contributed by atoms with Crippen molar-refractivity contribution in [3.05, 3.63) is 32.2 Å². The van der Waals surface area contributed by atoms with Gasteiger partial charge < -0.3 is 14.6 Å². The molecule has 4 nitrogen and oxygen atoms in total. The van der Waals surface area contributed by atoms with Crippen LogP contribution in [0.25, 0.3) is 0 Å². The number of esters is 1. The van der Waals surface area contributed by atoms with E-state index in [1.807, 2.05) is 19.1 Å². The van der Waals surface area contributed by atoms with Crippen LogP contribution in [-0.2, 0) is 14.3 Å². The summed E-state index contributed by atoms with van der Waals surface area (Å²) in [5.41, 5.74) is 1.62. The number of benzene rings is 1. The molecule has 0 aliphatic carbocycles. The van der Waals surface area contributed by atoms with Gasteiger partial charge >= 0.3 is 5.97 Å². The van der Waals surface area contributed by atoms with Crippen molar-refractivity contribution in [1.82, 2.24) is 0 Å². The Morgan fingerprint density at radius 3 is 2.17 bits per heavy atom. The molecule has 0 radical (unpaired) electrons. The third kappa shape index (κ3) is 3.32. The molecule has 0 saturated carbocycles. The fourth-order valence-corrected chi connectivity index (χ4v) is 3.56. The maximum Gasteiger partial charge on any atom is 0.318 e. The van der Waals surface area contributed by atoms with Gasteiger partial charge in [0.05, 0.1) is 7.11 Å². The molecular formula is C12H14Br2O4. The molecule has 1 rings (SSSR count). The Hall–Kier alpha value is -0.430. The van der Waals surface area contributed by atoms with Gasteiger partial charge in [-0.3, -0.25) is 4.79 Å². The van der Waals surface area contributed by atoms with Crippen LogP contribution < -0.4 is 0 Å². The van der Waals surface area contributed by atoms with Crippen molar-refractivity contribution in [3.63, 3.8) is 0 Å². The van der Waals surface area contributed by atoms with Gasteiger partial charge in [-0.25, -0.2) is 0 Å². The Labute approximate surface area is 123 Å². The quantitative estimate of drug-likeness (QED) is 0.643. The highest BCUT2D eigenvalue weighted by Gasteiger charge is 2.33. The van der Waals surface area contributed by atoms with Gasteiger partial charge in [-0.1, -0.05) is 31.9 Å². The van der Waals surface area contributed by atoms with Crippen molar-refractivity contribution in [3.8, 4) is 0 Å². The van der Waals surface area contributed by atoms with Gasteiger partial charge in [-0.2, -0.15) is 0 Å². The second-order valence-electron chi connectivity index (χ2n) is 3.77. The molecule has 0 amide bonds. The van der Waals surface area contributed by atoms with E-state index in [-0.39, 0.29) is 0 Å². The molecule has 0 heterocycles. The summed E-state index contributed by atoms with van der Waals surface area (Å²) >= 11 is 6.78. The molecule has 0 fully saturated rings. The summed E-state index contributed by atoms with van der Waals surface area (Å²) in [5.74, 6) is -1.47. The number of aliphatic hydroxyl groups is 1. The van der Waals surface area contributed by atoms with Crippen molar-refractivity contribution in [2.45, 2.75) is 19.1 Å². The average molecular weight is 382 g/mol. The first-order chi connectivity index (χ1) is 8.42. The summed E-state index contributed by atoms with van der Waals surface area (Å²) in [6, 6.07) is 3.72. The number of carbonyl (C=O) groups excluding carboxylic acids is 1. The molecule has 18 heavy (non-hydrogen) atoms. The van der Waals surface area contributed by atoms with Crippen LogP contribution in [-0.4, -0.2) is 31.6 Å². The van der Waals surface area contributed by atoms with Gasteiger partial charge in [0.25, 0.3) is 0 Å². The standard InChI is InChI=1S/C12H14Br2O4/c1-6-4-7(13)9(8(14)5-6)10(11(15)17-2)12(16)18-3/h4-5,10-11,15H,1-3H3. The van der Waals surface area contributed by atoms with E-state index >= 15 is 0 Å². The predicted octanol–water partition coefficient (Wildman–Crippen LogP) is 2.74. The van der Waals surface area contributed by atoms with Crippen LogP contribution >= 0.6 is 31.9 Å². The summed E-state index contributed by atoms with van der Waals surface area (Å²) in [6.07, 6.45) is -1.27. The second kappa shape index (κ2) is 6.65. The highest BCUT2D eigenvalue weighted by Crippen LogP contribution is 2.36. The van der Waals surface area contributed by atoms with E-state index in [0.717, 1.165) is 5.56 Å². The van der Waals surface area contributed by atoms with E-state index < -0.39 is 18.2 Å². The van der Waals surface area contributed by atoms with E-state index in [4.69, 9.17) is 9.47 Å². The fraction of sp³-hybridized carbons (Fsp3) is 0.417. The number of hydrogen-bond donors (Lipinski definition) is 1. The molecule has 0 saturated heterocycles. The summed E-state index contributed by atoms with van der Waals surface area (Å²) in [4.78, 5) is 11.8. The molecular weight excluding hydrogens is 368 g/mol. The zero-order valence-electron chi connectivity index (χ0n) is 10.2. The topological polar surface area (TPSA) is 55.8 Å². The molecule has 1 aromatic carbocycles. The Morgan fingerprint density at radius 2 is 1.78 bits per heavy atom. The first-order valence-electron chi connectivity index (χ1n) is 5.16. The molecule has 100 valence electrons. The van der Waals surface area contributed by atoms with Gasteiger partial charge in [0, 0.05) is 16.1 Å². The van der Waals surface area contributed by atoms with Crippen LogP contribution in [0.4, 0.5) is 0 Å². The third-order valence-electron chi connectivity index (χ3n) is 2.52. The molecule has 6 heteroatoms. The van der Waals surface area contributed by atoms with E-state index in [9.17, 15) is 9.90 Å². The monoisotopic (exact) mass is 380 g/mol. The van der Waals surface area contributed by atoms with Crippen LogP contribution in [0.15, 0.2) is 21.1 Å². The van der Waals surface area contributed by atoms with E-state index in [1.165, 1.54) is 14.2 Å². The molecule has 1 N–H and O–H groups in total. The highest BCUT2D eigenvalue weighted by molar-refractivity contribution is 9.11. The Morgan fingerprint density at radius 1 is 1.28 bits per heavy atom. The lowest BCUT2D eigenvalue weighted by atomic mass is 9.97. The molecule has 2 atom stereocenters. The van der Waals surface area contributed by atoms with E-state index in [2.05, 4.69) is 31.9 Å². The van der Waals surface area contributed by atoms with Gasteiger partial charge in [0.15, 0.2) is 6.29 Å². The second-order valence-corrected chi connectivity index (χ2v) is 5.48. The maximum atomic E-state index is 11.8. The normalized spacial score (nSPS) is 14.1. The summed E-state index contributed by atoms with van der Waals surface area (Å²) in [6.45, 7) is 1.93. The Kier molecular flexibility index (Phi) is 5.78. The fourth-order valence-electron chi connectivity index (χ4n) is 1.65. The SMILES string of the molecule is COC(=O)C(c1c(Br)cc(C)cc1Br)C(O)OC. The molecule has 0 aromatic heterocycles. The van der Waals surface area contributed by atoms with Gasteiger partial charge in [0.1, 0.15) is 5.92 Å². The summed E-state index contributed by atoms with van der Waals surface area (Å²) in [7, 11) is 2.60. The van der Waals surface area contributed by atoms with Crippen LogP contribution in [0.2, 0.25) is 0 Å². The van der Waals surface area contributed by atoms with Crippen molar-refractivity contribution in [2.24, 2.45) is 0 Å². The van der Waals surface area contributed by atoms with Crippen molar-refractivity contribution in [2.75, 3.05) is 14.2 Å². The number of ether oxygens (including phenoxy) is 2. The van der Waals surface area contributed by atoms with Gasteiger partial charge in [-0.05, 0) is 30.2 Å². The minimum absolute atomic E-state index is 0.561. The first kappa shape index (κ1) is 15.6. The van der Waals surface area contributed by atoms with Crippen molar-refractivity contribution >= 4 is 37.8 Å². The lowest BCUT2D eigenvalue weighted by Crippen LogP contribution is -2.29. The molecule has 0 bridgehead atoms. The number of aliphatic hydroxyl groups excluding tert-OH is 1. The minimum atomic E-state index is -1.27. The number of rotatable bonds is 4. The number of hydrogen-bond acceptors (Lipinski definition) is 4. The first-order valence-corrected chi connectivity index (χ1v) is 6.75. The average Bonchev–Trinajstić information content (AvgIpc) is 2.31. The smallest absolute Gasteiger partial charge is 0.318 e. The van der Waals surface area contributed by atoms with Crippen molar-refractivity contribution in [1.29, 1.82) is 0 Å². The largest absolute Gasteiger partial charge is 0.468 e. The molecule has 0 spiro atoms. The Bertz CT molecular complexity index is 425. The van der Waals surface area contributed by atoms with Crippen LogP contribution in [0, 0.1) is 6.92 Å². The van der Waals surface area contributed by atoms with E-state index in [0.29, 0.717) is 14.5 Å². The summed E-state index contributed by atoms with van der Waals surface area (Å²) in [5, 5.41) is 9.83. The number of aryl methyl sites for hydroxylation is 1. The molecule has 0 aliphatic heterocycles. The lowest BCUT2D eigenvalue weighted by molar-refractivity contribution is -0.157. The van der Waals surface area contributed by atoms with Crippen molar-refractivity contribution < 1.29 is 19.4 Å². The van der Waals surface area contributed by atoms with E-state index in [1.54, 1.807) is 0 Å². The zero-order chi connectivity index (χ0) is 13.9. The zero-order valence-corrected chi connectivity index (χ0v) is 13.4. The van der Waals surface area contributed by atoms with Gasteiger partial charge in [-0.15, -0.1) is 0 Å². The summed E-state index contributed by atoms with van der Waals surface area (Å²) < 4.78 is 11.0. The van der Waals surface area contributed by atoms with Crippen LogP contribution in [0.3, 0.4) is 0 Å². The minimum Gasteiger partial charge on any atom is -0.468 e. The molecule has 2 unspecified atom stereocenters.